The lowest BCUT2D eigenvalue weighted by molar-refractivity contribution is -0.120. The largest absolute Gasteiger partial charge is 0.393 e. The molecule has 1 fully saturated rings. The number of carbonyl (C=O) groups excluding carboxylic acids is 1. The van der Waals surface area contributed by atoms with Gasteiger partial charge in [-0.05, 0) is 19.1 Å². The standard InChI is InChI=1S/C7H13NO2S/c1-11-4-7(10)8-5-2-6(9)3-5/h5-6,9H,2-4H2,1H3,(H,8,10). The fourth-order valence-corrected chi connectivity index (χ4v) is 1.45. The zero-order valence-corrected chi connectivity index (χ0v) is 7.36. The number of hydrogen-bond acceptors (Lipinski definition) is 3. The predicted molar refractivity (Wildman–Crippen MR) is 45.6 cm³/mol. The molecule has 1 aliphatic rings. The Morgan fingerprint density at radius 2 is 2.36 bits per heavy atom. The van der Waals surface area contributed by atoms with Crippen LogP contribution in [0.2, 0.25) is 0 Å². The summed E-state index contributed by atoms with van der Waals surface area (Å²) >= 11 is 1.51. The van der Waals surface area contributed by atoms with E-state index in [1.807, 2.05) is 6.26 Å². The van der Waals surface area contributed by atoms with Gasteiger partial charge in [0.25, 0.3) is 0 Å². The summed E-state index contributed by atoms with van der Waals surface area (Å²) in [7, 11) is 0. The Labute approximate surface area is 70.6 Å². The molecule has 0 saturated heterocycles. The molecule has 1 amide bonds. The quantitative estimate of drug-likeness (QED) is 0.634. The summed E-state index contributed by atoms with van der Waals surface area (Å²) in [5, 5.41) is 11.7. The number of aliphatic hydroxyl groups is 1. The number of hydrogen-bond donors (Lipinski definition) is 2. The smallest absolute Gasteiger partial charge is 0.230 e. The van der Waals surface area contributed by atoms with Crippen molar-refractivity contribution in [2.24, 2.45) is 0 Å². The van der Waals surface area contributed by atoms with Crippen molar-refractivity contribution in [1.29, 1.82) is 0 Å². The Bertz CT molecular complexity index is 145. The molecule has 0 aliphatic heterocycles. The average molecular weight is 175 g/mol. The van der Waals surface area contributed by atoms with Gasteiger partial charge >= 0.3 is 0 Å². The molecule has 0 aromatic heterocycles. The maximum Gasteiger partial charge on any atom is 0.230 e. The van der Waals surface area contributed by atoms with Crippen molar-refractivity contribution >= 4 is 17.7 Å². The van der Waals surface area contributed by atoms with Crippen LogP contribution in [0.25, 0.3) is 0 Å². The molecule has 1 aliphatic carbocycles. The van der Waals surface area contributed by atoms with Gasteiger partial charge in [-0.3, -0.25) is 4.79 Å². The summed E-state index contributed by atoms with van der Waals surface area (Å²) in [6.07, 6.45) is 3.16. The van der Waals surface area contributed by atoms with Crippen LogP contribution in [0, 0.1) is 0 Å². The Hall–Kier alpha value is -0.220. The Kier molecular flexibility index (Phi) is 3.20. The maximum atomic E-state index is 10.9. The molecule has 2 N–H and O–H groups in total. The fourth-order valence-electron chi connectivity index (χ4n) is 1.11. The molecule has 3 nitrogen and oxygen atoms in total. The summed E-state index contributed by atoms with van der Waals surface area (Å²) in [6, 6.07) is 0.227. The molecule has 0 heterocycles. The van der Waals surface area contributed by atoms with Gasteiger partial charge in [-0.25, -0.2) is 0 Å². The van der Waals surface area contributed by atoms with Crippen molar-refractivity contribution in [2.75, 3.05) is 12.0 Å². The van der Waals surface area contributed by atoms with Gasteiger partial charge in [-0.1, -0.05) is 0 Å². The van der Waals surface area contributed by atoms with E-state index in [4.69, 9.17) is 5.11 Å². The number of aliphatic hydroxyl groups excluding tert-OH is 1. The molecule has 0 radical (unpaired) electrons. The topological polar surface area (TPSA) is 49.3 Å². The first-order valence-corrected chi connectivity index (χ1v) is 5.08. The summed E-state index contributed by atoms with van der Waals surface area (Å²) in [5.41, 5.74) is 0. The van der Waals surface area contributed by atoms with E-state index in [9.17, 15) is 4.79 Å². The zero-order chi connectivity index (χ0) is 8.27. The van der Waals surface area contributed by atoms with Crippen LogP contribution in [-0.4, -0.2) is 35.2 Å². The first kappa shape index (κ1) is 8.87. The van der Waals surface area contributed by atoms with E-state index in [1.54, 1.807) is 0 Å². The van der Waals surface area contributed by atoms with Crippen LogP contribution < -0.4 is 5.32 Å². The van der Waals surface area contributed by atoms with Crippen LogP contribution in [0.3, 0.4) is 0 Å². The highest BCUT2D eigenvalue weighted by molar-refractivity contribution is 7.99. The Morgan fingerprint density at radius 3 is 2.82 bits per heavy atom. The molecule has 0 bridgehead atoms. The lowest BCUT2D eigenvalue weighted by atomic mass is 9.89. The highest BCUT2D eigenvalue weighted by atomic mass is 32.2. The second kappa shape index (κ2) is 3.97. The fraction of sp³-hybridized carbons (Fsp3) is 0.857. The summed E-state index contributed by atoms with van der Waals surface area (Å²) in [6.45, 7) is 0. The minimum atomic E-state index is -0.186. The first-order chi connectivity index (χ1) is 5.22. The van der Waals surface area contributed by atoms with Crippen LogP contribution >= 0.6 is 11.8 Å². The molecule has 4 heteroatoms. The van der Waals surface area contributed by atoms with E-state index in [0.29, 0.717) is 5.75 Å². The summed E-state index contributed by atoms with van der Waals surface area (Å²) < 4.78 is 0. The van der Waals surface area contributed by atoms with Crippen molar-refractivity contribution < 1.29 is 9.90 Å². The van der Waals surface area contributed by atoms with Crippen LogP contribution in [0.15, 0.2) is 0 Å². The van der Waals surface area contributed by atoms with Crippen molar-refractivity contribution in [3.63, 3.8) is 0 Å². The molecule has 1 saturated carbocycles. The molecule has 11 heavy (non-hydrogen) atoms. The monoisotopic (exact) mass is 175 g/mol. The van der Waals surface area contributed by atoms with Gasteiger partial charge < -0.3 is 10.4 Å². The van der Waals surface area contributed by atoms with E-state index in [2.05, 4.69) is 5.32 Å². The molecular formula is C7H13NO2S. The number of rotatable bonds is 3. The summed E-state index contributed by atoms with van der Waals surface area (Å²) in [5.74, 6) is 0.599. The number of carbonyl (C=O) groups is 1. The van der Waals surface area contributed by atoms with Crippen LogP contribution in [0.1, 0.15) is 12.8 Å². The van der Waals surface area contributed by atoms with Gasteiger partial charge in [0.1, 0.15) is 0 Å². The van der Waals surface area contributed by atoms with Crippen LogP contribution in [-0.2, 0) is 4.79 Å². The zero-order valence-electron chi connectivity index (χ0n) is 6.54. The Balaban J connectivity index is 2.07. The summed E-state index contributed by atoms with van der Waals surface area (Å²) in [4.78, 5) is 10.9. The van der Waals surface area contributed by atoms with Gasteiger partial charge in [0.05, 0.1) is 11.9 Å². The van der Waals surface area contributed by atoms with E-state index in [-0.39, 0.29) is 18.1 Å². The molecule has 0 unspecified atom stereocenters. The molecule has 1 rings (SSSR count). The van der Waals surface area contributed by atoms with Crippen molar-refractivity contribution in [3.05, 3.63) is 0 Å². The van der Waals surface area contributed by atoms with E-state index >= 15 is 0 Å². The molecule has 64 valence electrons. The lowest BCUT2D eigenvalue weighted by Gasteiger charge is -2.31. The van der Waals surface area contributed by atoms with E-state index in [0.717, 1.165) is 12.8 Å². The SMILES string of the molecule is CSCC(=O)NC1CC(O)C1. The first-order valence-electron chi connectivity index (χ1n) is 3.68. The number of nitrogens with one attached hydrogen (secondary N) is 1. The predicted octanol–water partition coefficient (Wildman–Crippen LogP) is -0.0111. The Morgan fingerprint density at radius 1 is 1.73 bits per heavy atom. The third-order valence-corrected chi connectivity index (χ3v) is 2.30. The van der Waals surface area contributed by atoms with E-state index in [1.165, 1.54) is 11.8 Å². The van der Waals surface area contributed by atoms with Crippen molar-refractivity contribution in [3.8, 4) is 0 Å². The van der Waals surface area contributed by atoms with E-state index < -0.39 is 0 Å². The van der Waals surface area contributed by atoms with Gasteiger partial charge in [0.15, 0.2) is 0 Å². The van der Waals surface area contributed by atoms with Crippen LogP contribution in [0.4, 0.5) is 0 Å². The number of amides is 1. The highest BCUT2D eigenvalue weighted by Gasteiger charge is 2.27. The minimum absolute atomic E-state index is 0.0781. The van der Waals surface area contributed by atoms with Crippen LogP contribution in [0.5, 0.6) is 0 Å². The van der Waals surface area contributed by atoms with Crippen molar-refractivity contribution in [2.45, 2.75) is 25.0 Å². The third-order valence-electron chi connectivity index (χ3n) is 1.75. The van der Waals surface area contributed by atoms with Gasteiger partial charge in [0, 0.05) is 6.04 Å². The molecule has 0 atom stereocenters. The highest BCUT2D eigenvalue weighted by Crippen LogP contribution is 2.19. The van der Waals surface area contributed by atoms with Crippen molar-refractivity contribution in [1.82, 2.24) is 5.32 Å². The molecule has 0 aromatic carbocycles. The lowest BCUT2D eigenvalue weighted by Crippen LogP contribution is -2.47. The second-order valence-electron chi connectivity index (χ2n) is 2.82. The molecule has 0 aromatic rings. The van der Waals surface area contributed by atoms with Gasteiger partial charge in [-0.2, -0.15) is 11.8 Å². The number of thioether (sulfide) groups is 1. The molecular weight excluding hydrogens is 162 g/mol. The maximum absolute atomic E-state index is 10.9. The average Bonchev–Trinajstić information content (AvgIpc) is 1.85. The molecule has 0 spiro atoms. The normalized spacial score (nSPS) is 29.3. The van der Waals surface area contributed by atoms with Gasteiger partial charge in [-0.15, -0.1) is 0 Å². The second-order valence-corrected chi connectivity index (χ2v) is 3.69. The minimum Gasteiger partial charge on any atom is -0.393 e. The third kappa shape index (κ3) is 2.71. The van der Waals surface area contributed by atoms with Gasteiger partial charge in [0.2, 0.25) is 5.91 Å².